The minimum Gasteiger partial charge on any atom is -0.382 e. The van der Waals surface area contributed by atoms with Gasteiger partial charge in [-0.15, -0.1) is 11.3 Å². The third-order valence-electron chi connectivity index (χ3n) is 4.60. The van der Waals surface area contributed by atoms with Crippen LogP contribution in [0.1, 0.15) is 51.3 Å². The zero-order chi connectivity index (χ0) is 20.3. The molecule has 2 amide bonds. The normalized spacial score (nSPS) is 15.7. The van der Waals surface area contributed by atoms with E-state index in [1.54, 1.807) is 23.5 Å². The van der Waals surface area contributed by atoms with Gasteiger partial charge in [0.05, 0.1) is 23.0 Å². The molecule has 2 heterocycles. The largest absolute Gasteiger partial charge is 0.382 e. The van der Waals surface area contributed by atoms with Crippen molar-refractivity contribution in [2.45, 2.75) is 53.2 Å². The molecule has 0 aliphatic carbocycles. The van der Waals surface area contributed by atoms with Gasteiger partial charge in [0.1, 0.15) is 0 Å². The monoisotopic (exact) mass is 400 g/mol. The number of hydrogen-bond donors (Lipinski definition) is 2. The number of carbonyl (C=O) groups is 2. The Balaban J connectivity index is 1.64. The van der Waals surface area contributed by atoms with E-state index < -0.39 is 6.10 Å². The number of benzene rings is 1. The molecule has 0 spiro atoms. The fourth-order valence-electron chi connectivity index (χ4n) is 2.89. The van der Waals surface area contributed by atoms with E-state index in [9.17, 15) is 9.59 Å². The van der Waals surface area contributed by atoms with Gasteiger partial charge < -0.3 is 15.5 Å². The molecule has 0 saturated carbocycles. The Morgan fingerprint density at radius 1 is 1.29 bits per heavy atom. The Morgan fingerprint density at radius 2 is 2.07 bits per heavy atom. The van der Waals surface area contributed by atoms with Gasteiger partial charge in [-0.3, -0.25) is 9.59 Å². The van der Waals surface area contributed by atoms with Crippen LogP contribution in [0.5, 0.6) is 0 Å². The first-order chi connectivity index (χ1) is 13.4. The van der Waals surface area contributed by atoms with Gasteiger partial charge in [-0.25, -0.2) is 4.98 Å². The van der Waals surface area contributed by atoms with Gasteiger partial charge in [-0.2, -0.15) is 0 Å². The van der Waals surface area contributed by atoms with Crippen molar-refractivity contribution in [3.8, 4) is 0 Å². The van der Waals surface area contributed by atoms with Gasteiger partial charge in [0.15, 0.2) is 0 Å². The first-order valence-electron chi connectivity index (χ1n) is 9.21. The highest BCUT2D eigenvalue weighted by Crippen LogP contribution is 2.21. The Hall–Kier alpha value is -2.74. The summed E-state index contributed by atoms with van der Waals surface area (Å²) in [7, 11) is 0. The van der Waals surface area contributed by atoms with E-state index >= 15 is 0 Å². The molecule has 1 unspecified atom stereocenters. The van der Waals surface area contributed by atoms with Crippen LogP contribution in [0.3, 0.4) is 0 Å². The van der Waals surface area contributed by atoms with Crippen LogP contribution in [0.4, 0.5) is 5.69 Å². The van der Waals surface area contributed by atoms with Gasteiger partial charge in [0.25, 0.3) is 11.8 Å². The van der Waals surface area contributed by atoms with Crippen LogP contribution in [0.15, 0.2) is 23.4 Å². The molecule has 0 saturated heterocycles. The number of thiazole rings is 1. The van der Waals surface area contributed by atoms with E-state index in [1.807, 2.05) is 33.8 Å². The van der Waals surface area contributed by atoms with Crippen LogP contribution >= 0.6 is 11.3 Å². The van der Waals surface area contributed by atoms with Crippen molar-refractivity contribution < 1.29 is 14.4 Å². The Labute approximate surface area is 168 Å². The Morgan fingerprint density at radius 3 is 2.71 bits per heavy atom. The van der Waals surface area contributed by atoms with Crippen molar-refractivity contribution in [2.75, 3.05) is 5.32 Å². The van der Waals surface area contributed by atoms with Crippen LogP contribution in [0.25, 0.3) is 0 Å². The second-order valence-corrected chi connectivity index (χ2v) is 8.04. The summed E-state index contributed by atoms with van der Waals surface area (Å²) in [5.74, 6) is -0.460. The van der Waals surface area contributed by atoms with Crippen LogP contribution < -0.4 is 10.6 Å². The lowest BCUT2D eigenvalue weighted by atomic mass is 10.1. The molecule has 1 aliphatic rings. The number of nitrogens with one attached hydrogen (secondary N) is 2. The van der Waals surface area contributed by atoms with Gasteiger partial charge in [-0.05, 0) is 44.9 Å². The van der Waals surface area contributed by atoms with E-state index in [2.05, 4.69) is 20.8 Å². The predicted molar refractivity (Wildman–Crippen MR) is 110 cm³/mol. The third kappa shape index (κ3) is 4.56. The van der Waals surface area contributed by atoms with Gasteiger partial charge >= 0.3 is 0 Å². The molecule has 8 heteroatoms. The van der Waals surface area contributed by atoms with Crippen molar-refractivity contribution in [2.24, 2.45) is 5.16 Å². The fourth-order valence-corrected chi connectivity index (χ4v) is 3.76. The SMILES string of the molecule is CCC1=NOC(C(=O)Nc2cc(C(=O)NCc3sc(C)nc3C)ccc2C)C1. The number of carbonyl (C=O) groups excluding carboxylic acids is 2. The van der Waals surface area contributed by atoms with Crippen molar-refractivity contribution in [1.82, 2.24) is 10.3 Å². The van der Waals surface area contributed by atoms with E-state index in [4.69, 9.17) is 4.84 Å². The molecular weight excluding hydrogens is 376 g/mol. The molecule has 0 fully saturated rings. The van der Waals surface area contributed by atoms with Crippen LogP contribution in [-0.2, 0) is 16.2 Å². The molecule has 148 valence electrons. The lowest BCUT2D eigenvalue weighted by Gasteiger charge is -2.13. The van der Waals surface area contributed by atoms with Gasteiger partial charge in [0.2, 0.25) is 6.10 Å². The lowest BCUT2D eigenvalue weighted by molar-refractivity contribution is -0.125. The van der Waals surface area contributed by atoms with Crippen molar-refractivity contribution in [1.29, 1.82) is 0 Å². The number of aryl methyl sites for hydroxylation is 3. The molecule has 3 rings (SSSR count). The highest BCUT2D eigenvalue weighted by Gasteiger charge is 2.27. The molecule has 2 aromatic rings. The van der Waals surface area contributed by atoms with Crippen LogP contribution in [0, 0.1) is 20.8 Å². The minimum absolute atomic E-state index is 0.199. The minimum atomic E-state index is -0.621. The summed E-state index contributed by atoms with van der Waals surface area (Å²) < 4.78 is 0. The molecule has 1 atom stereocenters. The number of nitrogens with zero attached hydrogens (tertiary/aromatic N) is 2. The van der Waals surface area contributed by atoms with Gasteiger partial charge in [-0.1, -0.05) is 18.1 Å². The Kier molecular flexibility index (Phi) is 6.08. The van der Waals surface area contributed by atoms with E-state index in [1.165, 1.54) is 0 Å². The predicted octanol–water partition coefficient (Wildman–Crippen LogP) is 3.49. The number of aromatic nitrogens is 1. The van der Waals surface area contributed by atoms with Crippen molar-refractivity contribution in [3.63, 3.8) is 0 Å². The zero-order valence-electron chi connectivity index (χ0n) is 16.5. The maximum atomic E-state index is 12.5. The standard InChI is InChI=1S/C20H24N4O3S/c1-5-15-9-17(27-24-15)20(26)23-16-8-14(7-6-11(16)2)19(25)21-10-18-12(3)22-13(4)28-18/h6-8,17H,5,9-10H2,1-4H3,(H,21,25)(H,23,26). The zero-order valence-corrected chi connectivity index (χ0v) is 17.3. The maximum absolute atomic E-state index is 12.5. The number of hydrogen-bond acceptors (Lipinski definition) is 6. The maximum Gasteiger partial charge on any atom is 0.268 e. The van der Waals surface area contributed by atoms with Crippen LogP contribution in [-0.4, -0.2) is 28.6 Å². The molecule has 7 nitrogen and oxygen atoms in total. The smallest absolute Gasteiger partial charge is 0.268 e. The highest BCUT2D eigenvalue weighted by atomic mass is 32.1. The summed E-state index contributed by atoms with van der Waals surface area (Å²) in [6, 6.07) is 5.25. The molecule has 28 heavy (non-hydrogen) atoms. The average Bonchev–Trinajstić information content (AvgIpc) is 3.27. The highest BCUT2D eigenvalue weighted by molar-refractivity contribution is 7.11. The number of amides is 2. The topological polar surface area (TPSA) is 92.7 Å². The van der Waals surface area contributed by atoms with E-state index in [0.29, 0.717) is 24.2 Å². The lowest BCUT2D eigenvalue weighted by Crippen LogP contribution is -2.28. The molecular formula is C20H24N4O3S. The number of oxime groups is 1. The molecule has 0 radical (unpaired) electrons. The van der Waals surface area contributed by atoms with Crippen LogP contribution in [0.2, 0.25) is 0 Å². The fraction of sp³-hybridized carbons (Fsp3) is 0.400. The second-order valence-electron chi connectivity index (χ2n) is 6.75. The van der Waals surface area contributed by atoms with E-state index in [-0.39, 0.29) is 11.8 Å². The summed E-state index contributed by atoms with van der Waals surface area (Å²) in [5, 5.41) is 10.7. The molecule has 1 aromatic heterocycles. The average molecular weight is 401 g/mol. The molecule has 2 N–H and O–H groups in total. The second kappa shape index (κ2) is 8.52. The first kappa shape index (κ1) is 20.0. The van der Waals surface area contributed by atoms with Gasteiger partial charge in [0, 0.05) is 22.5 Å². The first-order valence-corrected chi connectivity index (χ1v) is 10.0. The summed E-state index contributed by atoms with van der Waals surface area (Å²) >= 11 is 1.57. The Bertz CT molecular complexity index is 936. The van der Waals surface area contributed by atoms with Crippen molar-refractivity contribution >= 4 is 34.6 Å². The summed E-state index contributed by atoms with van der Waals surface area (Å²) in [6.07, 6.45) is 0.635. The molecule has 1 aliphatic heterocycles. The number of anilines is 1. The number of rotatable bonds is 6. The third-order valence-corrected chi connectivity index (χ3v) is 5.67. The molecule has 0 bridgehead atoms. The molecule has 1 aromatic carbocycles. The van der Waals surface area contributed by atoms with Crippen molar-refractivity contribution in [3.05, 3.63) is 44.9 Å². The summed E-state index contributed by atoms with van der Waals surface area (Å²) in [5.41, 5.74) is 3.76. The summed E-state index contributed by atoms with van der Waals surface area (Å²) in [4.78, 5) is 35.6. The van der Waals surface area contributed by atoms with E-state index in [0.717, 1.165) is 33.3 Å². The summed E-state index contributed by atoms with van der Waals surface area (Å²) in [6.45, 7) is 8.16. The quantitative estimate of drug-likeness (QED) is 0.776.